The lowest BCUT2D eigenvalue weighted by atomic mass is 9.96. The first-order chi connectivity index (χ1) is 20.5. The van der Waals surface area contributed by atoms with Crippen molar-refractivity contribution in [3.8, 4) is 5.75 Å². The second kappa shape index (κ2) is 13.8. The number of ketones is 1. The van der Waals surface area contributed by atoms with Crippen LogP contribution in [0.5, 0.6) is 5.75 Å². The Kier molecular flexibility index (Phi) is 10.2. The van der Waals surface area contributed by atoms with E-state index >= 15 is 0 Å². The third-order valence-electron chi connectivity index (χ3n) is 7.23. The van der Waals surface area contributed by atoms with Crippen molar-refractivity contribution >= 4 is 69.0 Å². The van der Waals surface area contributed by atoms with Gasteiger partial charge in [0.15, 0.2) is 11.6 Å². The number of ether oxygens (including phenoxy) is 1. The molecular weight excluding hydrogens is 600 g/mol. The average molecular weight is 631 g/mol. The van der Waals surface area contributed by atoms with Gasteiger partial charge in [-0.05, 0) is 63.0 Å². The number of carbonyl (C=O) groups is 3. The summed E-state index contributed by atoms with van der Waals surface area (Å²) in [6.07, 6.45) is 8.27. The number of rotatable bonds is 8. The highest BCUT2D eigenvalue weighted by atomic mass is 35.5. The predicted molar refractivity (Wildman–Crippen MR) is 164 cm³/mol. The van der Waals surface area contributed by atoms with Gasteiger partial charge in [0.05, 0.1) is 34.0 Å². The Balaban J connectivity index is 0.000000467. The van der Waals surface area contributed by atoms with Gasteiger partial charge in [-0.3, -0.25) is 9.59 Å². The molecule has 2 saturated heterocycles. The second-order valence-electron chi connectivity index (χ2n) is 10.1. The molecule has 2 fully saturated rings. The van der Waals surface area contributed by atoms with E-state index in [0.717, 1.165) is 43.5 Å². The Labute approximate surface area is 257 Å². The highest BCUT2D eigenvalue weighted by molar-refractivity contribution is 6.42. The van der Waals surface area contributed by atoms with Crippen LogP contribution in [-0.4, -0.2) is 62.9 Å². The van der Waals surface area contributed by atoms with Crippen molar-refractivity contribution in [2.75, 3.05) is 17.7 Å². The molecule has 5 rings (SSSR count). The Bertz CT molecular complexity index is 1570. The lowest BCUT2D eigenvalue weighted by Crippen LogP contribution is -2.49. The first kappa shape index (κ1) is 31.7. The van der Waals surface area contributed by atoms with Gasteiger partial charge in [0.1, 0.15) is 17.9 Å². The van der Waals surface area contributed by atoms with Crippen LogP contribution in [0.4, 0.5) is 21.6 Å². The number of anilines is 3. The summed E-state index contributed by atoms with van der Waals surface area (Å²) in [5.74, 6) is -0.951. The Morgan fingerprint density at radius 1 is 1.12 bits per heavy atom. The van der Waals surface area contributed by atoms with Crippen molar-refractivity contribution in [3.05, 3.63) is 71.3 Å². The number of fused-ring (bicyclic) bond motifs is 3. The van der Waals surface area contributed by atoms with Gasteiger partial charge in [-0.1, -0.05) is 29.8 Å². The van der Waals surface area contributed by atoms with Crippen LogP contribution < -0.4 is 15.4 Å². The fourth-order valence-corrected chi connectivity index (χ4v) is 5.69. The van der Waals surface area contributed by atoms with Gasteiger partial charge in [-0.2, -0.15) is 0 Å². The lowest BCUT2D eigenvalue weighted by molar-refractivity contribution is -0.132. The van der Waals surface area contributed by atoms with Crippen molar-refractivity contribution < 1.29 is 28.6 Å². The van der Waals surface area contributed by atoms with Crippen LogP contribution >= 0.6 is 23.2 Å². The number of aromatic nitrogens is 2. The van der Waals surface area contributed by atoms with Crippen LogP contribution in [0.15, 0.2) is 55.4 Å². The Morgan fingerprint density at radius 3 is 2.40 bits per heavy atom. The molecule has 0 spiro atoms. The lowest BCUT2D eigenvalue weighted by Gasteiger charge is -2.39. The monoisotopic (exact) mass is 629 g/mol. The van der Waals surface area contributed by atoms with Crippen LogP contribution in [0.2, 0.25) is 10.0 Å². The largest absolute Gasteiger partial charge is 0.495 e. The molecule has 226 valence electrons. The molecule has 2 aliphatic rings. The summed E-state index contributed by atoms with van der Waals surface area (Å²) in [6.45, 7) is 4.94. The van der Waals surface area contributed by atoms with Crippen LogP contribution in [0.25, 0.3) is 10.9 Å². The normalized spacial score (nSPS) is 19.0. The van der Waals surface area contributed by atoms with Crippen LogP contribution in [0, 0.1) is 5.82 Å². The molecule has 10 nitrogen and oxygen atoms in total. The number of piperidine rings is 1. The van der Waals surface area contributed by atoms with Gasteiger partial charge in [0.2, 0.25) is 5.91 Å². The standard InChI is InChI=1S/C25H24Cl2FN5O2.C5H6O3/c1-3-22(34)33-14-4-5-15(33)9-13(8-14)31-20-10-16-19(11-21(20)35-2)29-12-30-25(16)32-18-7-6-17(26)23(27)24(18)28;1-4(6)2-3-5(7)8/h3,6-7,10-15,31H,1,4-5,8-9H2,2H3,(H,29,30,32);2-3H,1H3,(H,7,8)/b;3-2-/t13?,14-,15+;. The number of nitrogens with one attached hydrogen (secondary N) is 2. The molecule has 13 heteroatoms. The molecule has 3 atom stereocenters. The van der Waals surface area contributed by atoms with E-state index in [4.69, 9.17) is 33.0 Å². The predicted octanol–water partition coefficient (Wildman–Crippen LogP) is 6.16. The summed E-state index contributed by atoms with van der Waals surface area (Å²) in [4.78, 5) is 42.6. The highest BCUT2D eigenvalue weighted by Gasteiger charge is 2.42. The van der Waals surface area contributed by atoms with Crippen LogP contribution in [-0.2, 0) is 14.4 Å². The fraction of sp³-hybridized carbons (Fsp3) is 0.300. The van der Waals surface area contributed by atoms with Gasteiger partial charge in [-0.25, -0.2) is 19.2 Å². The molecule has 1 amide bonds. The van der Waals surface area contributed by atoms with Crippen LogP contribution in [0.1, 0.15) is 32.6 Å². The van der Waals surface area contributed by atoms with E-state index in [0.29, 0.717) is 22.5 Å². The van der Waals surface area contributed by atoms with Crippen molar-refractivity contribution in [3.63, 3.8) is 0 Å². The Hall–Kier alpha value is -4.22. The molecule has 2 aliphatic heterocycles. The summed E-state index contributed by atoms with van der Waals surface area (Å²) in [6, 6.07) is 7.31. The first-order valence-corrected chi connectivity index (χ1v) is 14.1. The average Bonchev–Trinajstić information content (AvgIpc) is 3.26. The maximum Gasteiger partial charge on any atom is 0.328 e. The first-order valence-electron chi connectivity index (χ1n) is 13.4. The maximum absolute atomic E-state index is 14.7. The zero-order valence-electron chi connectivity index (χ0n) is 23.4. The van der Waals surface area contributed by atoms with Crippen molar-refractivity contribution in [1.29, 1.82) is 0 Å². The highest BCUT2D eigenvalue weighted by Crippen LogP contribution is 2.40. The summed E-state index contributed by atoms with van der Waals surface area (Å²) in [7, 11) is 1.60. The summed E-state index contributed by atoms with van der Waals surface area (Å²) in [5.41, 5.74) is 1.57. The van der Waals surface area contributed by atoms with Crippen molar-refractivity contribution in [2.24, 2.45) is 0 Å². The van der Waals surface area contributed by atoms with Gasteiger partial charge in [0, 0.05) is 35.7 Å². The molecule has 3 N–H and O–H groups in total. The number of methoxy groups -OCH3 is 1. The minimum absolute atomic E-state index is 0.00151. The number of benzene rings is 2. The molecule has 0 aliphatic carbocycles. The molecule has 3 aromatic rings. The molecular formula is C30H30Cl2FN5O5. The van der Waals surface area contributed by atoms with Gasteiger partial charge in [-0.15, -0.1) is 0 Å². The topological polar surface area (TPSA) is 134 Å². The smallest absolute Gasteiger partial charge is 0.328 e. The third-order valence-corrected chi connectivity index (χ3v) is 8.01. The molecule has 3 heterocycles. The Morgan fingerprint density at radius 2 is 1.81 bits per heavy atom. The fourth-order valence-electron chi connectivity index (χ4n) is 5.38. The number of nitrogens with zero attached hydrogens (tertiary/aromatic N) is 3. The van der Waals surface area contributed by atoms with Crippen LogP contribution in [0.3, 0.4) is 0 Å². The van der Waals surface area contributed by atoms with E-state index in [1.165, 1.54) is 31.5 Å². The summed E-state index contributed by atoms with van der Waals surface area (Å²) >= 11 is 11.9. The van der Waals surface area contributed by atoms with E-state index in [1.54, 1.807) is 7.11 Å². The minimum Gasteiger partial charge on any atom is -0.495 e. The number of halogens is 3. The number of carbonyl (C=O) groups excluding carboxylic acids is 2. The number of allylic oxidation sites excluding steroid dienone is 1. The number of aliphatic carboxylic acids is 1. The van der Waals surface area contributed by atoms with E-state index < -0.39 is 11.8 Å². The van der Waals surface area contributed by atoms with E-state index in [-0.39, 0.29) is 45.5 Å². The summed E-state index contributed by atoms with van der Waals surface area (Å²) in [5, 5.41) is 15.2. The molecule has 2 aromatic carbocycles. The summed E-state index contributed by atoms with van der Waals surface area (Å²) < 4.78 is 20.3. The number of hydrogen-bond donors (Lipinski definition) is 3. The number of amides is 1. The van der Waals surface area contributed by atoms with E-state index in [1.807, 2.05) is 17.0 Å². The molecule has 1 unspecified atom stereocenters. The quantitative estimate of drug-likeness (QED) is 0.198. The van der Waals surface area contributed by atoms with Gasteiger partial charge in [0.25, 0.3) is 0 Å². The second-order valence-corrected chi connectivity index (χ2v) is 10.9. The SMILES string of the molecule is C=CC(=O)N1[C@@H]2CC[C@H]1CC(Nc1cc3c(Nc4ccc(Cl)c(Cl)c4F)ncnc3cc1OC)C2.CC(=O)/C=C\C(=O)O. The van der Waals surface area contributed by atoms with Crippen molar-refractivity contribution in [1.82, 2.24) is 14.9 Å². The van der Waals surface area contributed by atoms with E-state index in [2.05, 4.69) is 27.2 Å². The van der Waals surface area contributed by atoms with E-state index in [9.17, 15) is 18.8 Å². The number of hydrogen-bond acceptors (Lipinski definition) is 8. The number of carboxylic acids is 1. The molecule has 2 bridgehead atoms. The minimum atomic E-state index is -1.10. The molecule has 0 radical (unpaired) electrons. The molecule has 43 heavy (non-hydrogen) atoms. The molecule has 0 saturated carbocycles. The maximum atomic E-state index is 14.7. The molecule has 1 aromatic heterocycles. The zero-order chi connectivity index (χ0) is 31.3. The number of carboxylic acid groups (broad SMARTS) is 1. The van der Waals surface area contributed by atoms with Gasteiger partial charge >= 0.3 is 5.97 Å². The zero-order valence-corrected chi connectivity index (χ0v) is 25.0. The van der Waals surface area contributed by atoms with Crippen molar-refractivity contribution in [2.45, 2.75) is 50.7 Å². The van der Waals surface area contributed by atoms with Gasteiger partial charge < -0.3 is 25.4 Å². The third kappa shape index (κ3) is 7.41.